The summed E-state index contributed by atoms with van der Waals surface area (Å²) >= 11 is 0. The lowest BCUT2D eigenvalue weighted by Crippen LogP contribution is -2.13. The molecule has 2 aromatic heterocycles. The highest BCUT2D eigenvalue weighted by Gasteiger charge is 2.22. The number of nitrogens with one attached hydrogen (secondary N) is 1. The van der Waals surface area contributed by atoms with Crippen LogP contribution in [0, 0.1) is 0 Å². The molecule has 10 heteroatoms. The van der Waals surface area contributed by atoms with E-state index in [0.717, 1.165) is 5.52 Å². The van der Waals surface area contributed by atoms with Gasteiger partial charge in [-0.3, -0.25) is 9.59 Å². The van der Waals surface area contributed by atoms with Crippen molar-refractivity contribution in [2.24, 2.45) is 0 Å². The average Bonchev–Trinajstić information content (AvgIpc) is 3.33. The molecule has 152 valence electrons. The number of nitrogens with zero attached hydrogens (tertiary/aromatic N) is 4. The van der Waals surface area contributed by atoms with Crippen molar-refractivity contribution in [2.45, 2.75) is 13.0 Å². The van der Waals surface area contributed by atoms with Crippen LogP contribution in [0.2, 0.25) is 0 Å². The number of hydrogen-bond donors (Lipinski definition) is 3. The fraction of sp³-hybridized carbons (Fsp3) is 0.150. The van der Waals surface area contributed by atoms with Gasteiger partial charge >= 0.3 is 5.97 Å². The van der Waals surface area contributed by atoms with Crippen LogP contribution in [0.15, 0.2) is 53.2 Å². The molecule has 0 aliphatic rings. The normalized spacial score (nSPS) is 10.9. The van der Waals surface area contributed by atoms with Gasteiger partial charge in [-0.2, -0.15) is 0 Å². The van der Waals surface area contributed by atoms with E-state index in [4.69, 9.17) is 15.5 Å². The van der Waals surface area contributed by atoms with E-state index in [0.29, 0.717) is 28.3 Å². The first kappa shape index (κ1) is 19.1. The van der Waals surface area contributed by atoms with Crippen molar-refractivity contribution in [3.63, 3.8) is 0 Å². The van der Waals surface area contributed by atoms with Gasteiger partial charge in [0.1, 0.15) is 0 Å². The highest BCUT2D eigenvalue weighted by atomic mass is 16.6. The Morgan fingerprint density at radius 3 is 2.63 bits per heavy atom. The number of fused-ring (bicyclic) bond motifs is 1. The summed E-state index contributed by atoms with van der Waals surface area (Å²) < 4.78 is 6.58. The molecule has 2 aromatic carbocycles. The number of carbonyl (C=O) groups excluding carboxylic acids is 1. The van der Waals surface area contributed by atoms with Gasteiger partial charge in [-0.05, 0) is 46.7 Å². The number of Topliss-reactive ketones (excluding diaryl/α,β-unsaturated/α-hetero) is 1. The molecule has 30 heavy (non-hydrogen) atoms. The molecule has 0 unspecified atom stereocenters. The van der Waals surface area contributed by atoms with Gasteiger partial charge in [-0.1, -0.05) is 12.1 Å². The zero-order valence-electron chi connectivity index (χ0n) is 15.8. The van der Waals surface area contributed by atoms with Gasteiger partial charge in [0.2, 0.25) is 5.82 Å². The van der Waals surface area contributed by atoms with E-state index in [1.54, 1.807) is 28.8 Å². The van der Waals surface area contributed by atoms with Crippen LogP contribution in [0.5, 0.6) is 0 Å². The van der Waals surface area contributed by atoms with Crippen LogP contribution in [0.25, 0.3) is 22.6 Å². The Bertz CT molecular complexity index is 1210. The highest BCUT2D eigenvalue weighted by molar-refractivity contribution is 5.97. The number of carboxylic acids is 1. The van der Waals surface area contributed by atoms with Crippen molar-refractivity contribution in [1.82, 2.24) is 19.9 Å². The molecule has 4 N–H and O–H groups in total. The predicted molar refractivity (Wildman–Crippen MR) is 109 cm³/mol. The van der Waals surface area contributed by atoms with Gasteiger partial charge in [0.05, 0.1) is 24.0 Å². The van der Waals surface area contributed by atoms with E-state index < -0.39 is 5.97 Å². The minimum atomic E-state index is -0.943. The summed E-state index contributed by atoms with van der Waals surface area (Å²) in [4.78, 5) is 28.3. The van der Waals surface area contributed by atoms with Gasteiger partial charge < -0.3 is 20.7 Å². The van der Waals surface area contributed by atoms with Gasteiger partial charge in [0, 0.05) is 17.8 Å². The lowest BCUT2D eigenvalue weighted by molar-refractivity contribution is -0.136. The number of nitrogen functional groups attached to an aromatic ring is 1. The third-order valence-electron chi connectivity index (χ3n) is 4.52. The number of benzene rings is 2. The number of aliphatic carboxylic acids is 1. The molecule has 10 nitrogen and oxygen atoms in total. The van der Waals surface area contributed by atoms with E-state index in [-0.39, 0.29) is 31.1 Å². The van der Waals surface area contributed by atoms with Crippen LogP contribution in [-0.2, 0) is 11.3 Å². The van der Waals surface area contributed by atoms with Crippen LogP contribution >= 0.6 is 0 Å². The lowest BCUT2D eigenvalue weighted by Gasteiger charge is -2.08. The van der Waals surface area contributed by atoms with Gasteiger partial charge in [0.15, 0.2) is 17.3 Å². The Balaban J connectivity index is 1.71. The van der Waals surface area contributed by atoms with Crippen LogP contribution in [0.1, 0.15) is 16.8 Å². The van der Waals surface area contributed by atoms with Crippen molar-refractivity contribution in [2.75, 3.05) is 17.6 Å². The average molecular weight is 406 g/mol. The summed E-state index contributed by atoms with van der Waals surface area (Å²) in [6.07, 6.45) is -0.0989. The molecular formula is C20H18N6O4. The Labute approximate surface area is 170 Å². The Kier molecular flexibility index (Phi) is 5.12. The molecule has 0 aliphatic carbocycles. The maximum atomic E-state index is 12.9. The second kappa shape index (κ2) is 8.03. The van der Waals surface area contributed by atoms with Crippen molar-refractivity contribution in [1.29, 1.82) is 0 Å². The molecule has 0 saturated carbocycles. The second-order valence-electron chi connectivity index (χ2n) is 6.59. The summed E-state index contributed by atoms with van der Waals surface area (Å²) in [5.74, 6) is -0.426. The molecule has 0 fully saturated rings. The standard InChI is InChI=1S/C20H18N6O4/c21-13-7-5-12(6-8-13)16(27)11-26-15-4-2-1-3-14(15)23-20(26)18-19(25-30-24-18)22-10-9-17(28)29/h1-8H,9-11,21H2,(H,22,25)(H,28,29). The van der Waals surface area contributed by atoms with Crippen molar-refractivity contribution < 1.29 is 19.3 Å². The molecule has 2 heterocycles. The molecule has 0 bridgehead atoms. The van der Waals surface area contributed by atoms with E-state index in [9.17, 15) is 9.59 Å². The maximum absolute atomic E-state index is 12.9. The molecule has 0 spiro atoms. The van der Waals surface area contributed by atoms with Crippen molar-refractivity contribution in [3.8, 4) is 11.5 Å². The quantitative estimate of drug-likeness (QED) is 0.296. The third-order valence-corrected chi connectivity index (χ3v) is 4.52. The van der Waals surface area contributed by atoms with E-state index in [2.05, 4.69) is 20.6 Å². The fourth-order valence-corrected chi connectivity index (χ4v) is 3.06. The van der Waals surface area contributed by atoms with Crippen LogP contribution < -0.4 is 11.1 Å². The molecule has 0 radical (unpaired) electrons. The molecule has 4 aromatic rings. The molecule has 0 atom stereocenters. The van der Waals surface area contributed by atoms with Gasteiger partial charge in [0.25, 0.3) is 0 Å². The Morgan fingerprint density at radius 2 is 1.87 bits per heavy atom. The predicted octanol–water partition coefficient (Wildman–Crippen LogP) is 2.44. The molecule has 4 rings (SSSR count). The monoisotopic (exact) mass is 406 g/mol. The van der Waals surface area contributed by atoms with Crippen LogP contribution in [0.3, 0.4) is 0 Å². The molecule has 0 saturated heterocycles. The largest absolute Gasteiger partial charge is 0.481 e. The Morgan fingerprint density at radius 1 is 1.10 bits per heavy atom. The van der Waals surface area contributed by atoms with Gasteiger partial charge in [-0.25, -0.2) is 9.61 Å². The zero-order chi connectivity index (χ0) is 21.1. The summed E-state index contributed by atoms with van der Waals surface area (Å²) in [5.41, 5.74) is 8.52. The highest BCUT2D eigenvalue weighted by Crippen LogP contribution is 2.28. The minimum Gasteiger partial charge on any atom is -0.481 e. The number of carboxylic acid groups (broad SMARTS) is 1. The van der Waals surface area contributed by atoms with Gasteiger partial charge in [-0.15, -0.1) is 0 Å². The van der Waals surface area contributed by atoms with Crippen molar-refractivity contribution >= 4 is 34.3 Å². The first-order chi connectivity index (χ1) is 14.5. The fourth-order valence-electron chi connectivity index (χ4n) is 3.06. The summed E-state index contributed by atoms with van der Waals surface area (Å²) in [6, 6.07) is 14.1. The number of para-hydroxylation sites is 2. The van der Waals surface area contributed by atoms with Crippen LogP contribution in [-0.4, -0.2) is 43.3 Å². The third kappa shape index (κ3) is 3.83. The number of rotatable bonds is 8. The van der Waals surface area contributed by atoms with Crippen LogP contribution in [0.4, 0.5) is 11.5 Å². The topological polar surface area (TPSA) is 149 Å². The van der Waals surface area contributed by atoms with E-state index >= 15 is 0 Å². The number of anilines is 2. The van der Waals surface area contributed by atoms with E-state index in [1.807, 2.05) is 24.3 Å². The minimum absolute atomic E-state index is 0.0151. The lowest BCUT2D eigenvalue weighted by atomic mass is 10.1. The Hall–Kier alpha value is -4.21. The smallest absolute Gasteiger partial charge is 0.305 e. The SMILES string of the molecule is Nc1ccc(C(=O)Cn2c(-c3nonc3NCCC(=O)O)nc3ccccc32)cc1. The zero-order valence-corrected chi connectivity index (χ0v) is 15.8. The molecular weight excluding hydrogens is 388 g/mol. The first-order valence-corrected chi connectivity index (χ1v) is 9.15. The number of hydrogen-bond acceptors (Lipinski definition) is 8. The number of imidazole rings is 1. The molecule has 0 aliphatic heterocycles. The number of nitrogens with two attached hydrogens (primary N) is 1. The first-order valence-electron chi connectivity index (χ1n) is 9.15. The summed E-state index contributed by atoms with van der Waals surface area (Å²) in [6.45, 7) is 0.155. The molecule has 0 amide bonds. The maximum Gasteiger partial charge on any atom is 0.305 e. The van der Waals surface area contributed by atoms with E-state index in [1.165, 1.54) is 0 Å². The second-order valence-corrected chi connectivity index (χ2v) is 6.59. The summed E-state index contributed by atoms with van der Waals surface area (Å²) in [7, 11) is 0. The summed E-state index contributed by atoms with van der Waals surface area (Å²) in [5, 5.41) is 19.4. The van der Waals surface area contributed by atoms with Crippen molar-refractivity contribution in [3.05, 3.63) is 54.1 Å². The number of ketones is 1. The number of carbonyl (C=O) groups is 2. The number of aromatic nitrogens is 4.